The fourth-order valence-corrected chi connectivity index (χ4v) is 6.14. The molecule has 168 valence electrons. The molecule has 0 aromatic heterocycles. The molecule has 3 aliphatic rings. The van der Waals surface area contributed by atoms with Crippen LogP contribution in [0.25, 0.3) is 10.8 Å². The van der Waals surface area contributed by atoms with E-state index in [1.807, 2.05) is 6.07 Å². The maximum atomic E-state index is 11.5. The highest BCUT2D eigenvalue weighted by atomic mass is 16.5. The van der Waals surface area contributed by atoms with Gasteiger partial charge in [0.15, 0.2) is 0 Å². The fraction of sp³-hybridized carbons (Fsp3) is 0.556. The van der Waals surface area contributed by atoms with E-state index in [2.05, 4.69) is 42.2 Å². The van der Waals surface area contributed by atoms with Crippen LogP contribution in [0.15, 0.2) is 30.3 Å². The predicted molar refractivity (Wildman–Crippen MR) is 123 cm³/mol. The summed E-state index contributed by atoms with van der Waals surface area (Å²) >= 11 is 0. The van der Waals surface area contributed by atoms with Gasteiger partial charge in [0.2, 0.25) is 0 Å². The highest BCUT2D eigenvalue weighted by Crippen LogP contribution is 2.40. The number of nitrogens with zero attached hydrogens (tertiary/aromatic N) is 2. The molecule has 3 fully saturated rings. The zero-order valence-corrected chi connectivity index (χ0v) is 18.8. The maximum Gasteiger partial charge on any atom is 0.306 e. The van der Waals surface area contributed by atoms with E-state index >= 15 is 0 Å². The smallest absolute Gasteiger partial charge is 0.306 e. The monoisotopic (exact) mass is 432 g/mol. The summed E-state index contributed by atoms with van der Waals surface area (Å²) in [4.78, 5) is 14.0. The van der Waals surface area contributed by atoms with E-state index in [-0.39, 0.29) is 12.0 Å². The summed E-state index contributed by atoms with van der Waals surface area (Å²) in [6, 6.07) is 13.5. The largest absolute Gasteiger partial charge is 0.489 e. The Labute approximate surface area is 190 Å². The number of nitriles is 1. The second-order valence-corrected chi connectivity index (χ2v) is 10.2. The van der Waals surface area contributed by atoms with E-state index in [1.54, 1.807) is 0 Å². The van der Waals surface area contributed by atoms with Gasteiger partial charge in [-0.2, -0.15) is 5.26 Å². The van der Waals surface area contributed by atoms with Gasteiger partial charge in [-0.1, -0.05) is 25.1 Å². The van der Waals surface area contributed by atoms with Crippen molar-refractivity contribution in [1.29, 1.82) is 5.26 Å². The number of fused-ring (bicyclic) bond motifs is 3. The number of benzene rings is 2. The first kappa shape index (κ1) is 21.3. The summed E-state index contributed by atoms with van der Waals surface area (Å²) in [5.74, 6) is 0.646. The summed E-state index contributed by atoms with van der Waals surface area (Å²) in [5, 5.41) is 21.3. The van der Waals surface area contributed by atoms with Crippen molar-refractivity contribution in [2.75, 3.05) is 0 Å². The van der Waals surface area contributed by atoms with Crippen molar-refractivity contribution in [2.24, 2.45) is 11.8 Å². The van der Waals surface area contributed by atoms with Crippen LogP contribution in [0.4, 0.5) is 0 Å². The van der Waals surface area contributed by atoms with Crippen molar-refractivity contribution >= 4 is 16.7 Å². The van der Waals surface area contributed by atoms with Gasteiger partial charge in [-0.25, -0.2) is 0 Å². The minimum atomic E-state index is -0.642. The molecule has 5 rings (SSSR count). The number of carboxylic acids is 1. The number of carbonyl (C=O) groups is 1. The second kappa shape index (κ2) is 8.75. The van der Waals surface area contributed by atoms with Gasteiger partial charge in [0.1, 0.15) is 17.4 Å². The number of hydrogen-bond donors (Lipinski definition) is 1. The predicted octanol–water partition coefficient (Wildman–Crippen LogP) is 5.50. The number of carboxylic acid groups (broad SMARTS) is 1. The standard InChI is InChI=1S/C27H32N2O3/c1-17-2-8-23(9-3-17)32-26-11-5-19-12-18(4-10-24(19)25(26)15-28)16-29-21-6-7-22(29)14-20(13-21)27(30)31/h4-5,10-12,17,20-23H,2-3,6-9,13-14,16H2,1H3,(H,30,31)/t17-,20?,21?,22?,23+. The van der Waals surface area contributed by atoms with Crippen molar-refractivity contribution in [3.05, 3.63) is 41.5 Å². The van der Waals surface area contributed by atoms with Crippen LogP contribution in [0, 0.1) is 23.2 Å². The molecular weight excluding hydrogens is 400 g/mol. The molecule has 2 aromatic rings. The first-order chi connectivity index (χ1) is 15.5. The van der Waals surface area contributed by atoms with Crippen molar-refractivity contribution < 1.29 is 14.6 Å². The van der Waals surface area contributed by atoms with Gasteiger partial charge in [0.05, 0.1) is 12.0 Å². The average Bonchev–Trinajstić information content (AvgIpc) is 3.01. The number of ether oxygens (including phenoxy) is 1. The molecule has 32 heavy (non-hydrogen) atoms. The van der Waals surface area contributed by atoms with E-state index in [4.69, 9.17) is 4.74 Å². The Morgan fingerprint density at radius 2 is 1.81 bits per heavy atom. The molecule has 2 atom stereocenters. The number of aliphatic carboxylic acids is 1. The molecule has 0 amide bonds. The van der Waals surface area contributed by atoms with E-state index in [0.29, 0.717) is 23.4 Å². The molecule has 2 bridgehead atoms. The Morgan fingerprint density at radius 1 is 1.09 bits per heavy atom. The van der Waals surface area contributed by atoms with Crippen LogP contribution in [0.5, 0.6) is 5.75 Å². The zero-order valence-electron chi connectivity index (χ0n) is 18.8. The third-order valence-electron chi connectivity index (χ3n) is 8.01. The van der Waals surface area contributed by atoms with Gasteiger partial charge >= 0.3 is 5.97 Å². The quantitative estimate of drug-likeness (QED) is 0.676. The number of piperidine rings is 1. The molecule has 2 aliphatic heterocycles. The summed E-state index contributed by atoms with van der Waals surface area (Å²) in [5.41, 5.74) is 1.86. The molecular formula is C27H32N2O3. The molecule has 1 N–H and O–H groups in total. The van der Waals surface area contributed by atoms with Crippen LogP contribution in [0.1, 0.15) is 69.4 Å². The number of hydrogen-bond acceptors (Lipinski definition) is 4. The average molecular weight is 433 g/mol. The number of rotatable bonds is 5. The summed E-state index contributed by atoms with van der Waals surface area (Å²) in [7, 11) is 0. The van der Waals surface area contributed by atoms with Gasteiger partial charge < -0.3 is 9.84 Å². The Hall–Kier alpha value is -2.58. The molecule has 0 radical (unpaired) electrons. The van der Waals surface area contributed by atoms with Gasteiger partial charge in [0, 0.05) is 24.0 Å². The third kappa shape index (κ3) is 4.09. The molecule has 5 heteroatoms. The normalized spacial score (nSPS) is 30.2. The fourth-order valence-electron chi connectivity index (χ4n) is 6.14. The van der Waals surface area contributed by atoms with Crippen molar-refractivity contribution in [1.82, 2.24) is 4.90 Å². The van der Waals surface area contributed by atoms with Gasteiger partial charge in [0.25, 0.3) is 0 Å². The zero-order chi connectivity index (χ0) is 22.2. The molecule has 2 aromatic carbocycles. The Balaban J connectivity index is 1.34. The van der Waals surface area contributed by atoms with Crippen molar-refractivity contribution in [3.63, 3.8) is 0 Å². The lowest BCUT2D eigenvalue weighted by atomic mass is 9.89. The highest BCUT2D eigenvalue weighted by molar-refractivity contribution is 5.90. The molecule has 2 unspecified atom stereocenters. The van der Waals surface area contributed by atoms with Crippen LogP contribution in [-0.2, 0) is 11.3 Å². The van der Waals surface area contributed by atoms with E-state index < -0.39 is 5.97 Å². The minimum Gasteiger partial charge on any atom is -0.489 e. The molecule has 5 nitrogen and oxygen atoms in total. The summed E-state index contributed by atoms with van der Waals surface area (Å²) in [6.07, 6.45) is 8.43. The lowest BCUT2D eigenvalue weighted by Gasteiger charge is -2.37. The Bertz CT molecular complexity index is 1040. The molecule has 1 saturated carbocycles. The molecule has 2 saturated heterocycles. The van der Waals surface area contributed by atoms with Crippen molar-refractivity contribution in [3.8, 4) is 11.8 Å². The molecule has 1 aliphatic carbocycles. The Kier molecular flexibility index (Phi) is 5.82. The third-order valence-corrected chi connectivity index (χ3v) is 8.01. The highest BCUT2D eigenvalue weighted by Gasteiger charge is 2.42. The van der Waals surface area contributed by atoms with E-state index in [9.17, 15) is 15.2 Å². The van der Waals surface area contributed by atoms with Gasteiger partial charge in [-0.05, 0) is 80.4 Å². The SMILES string of the molecule is C[C@H]1CC[C@@H](Oc2ccc3cc(CN4C5CCC4CC(C(=O)O)C5)ccc3c2C#N)CC1. The topological polar surface area (TPSA) is 73.6 Å². The summed E-state index contributed by atoms with van der Waals surface area (Å²) < 4.78 is 6.27. The Morgan fingerprint density at radius 3 is 2.47 bits per heavy atom. The van der Waals surface area contributed by atoms with Gasteiger partial charge in [-0.3, -0.25) is 9.69 Å². The van der Waals surface area contributed by atoms with Crippen LogP contribution < -0.4 is 4.74 Å². The lowest BCUT2D eigenvalue weighted by molar-refractivity contribution is -0.144. The molecule has 2 heterocycles. The minimum absolute atomic E-state index is 0.190. The summed E-state index contributed by atoms with van der Waals surface area (Å²) in [6.45, 7) is 3.14. The van der Waals surface area contributed by atoms with Crippen molar-refractivity contribution in [2.45, 2.75) is 83.0 Å². The van der Waals surface area contributed by atoms with E-state index in [1.165, 1.54) is 18.4 Å². The van der Waals surface area contributed by atoms with Crippen LogP contribution in [0.3, 0.4) is 0 Å². The van der Waals surface area contributed by atoms with Crippen LogP contribution in [-0.4, -0.2) is 34.2 Å². The lowest BCUT2D eigenvalue weighted by Crippen LogP contribution is -2.44. The van der Waals surface area contributed by atoms with Gasteiger partial charge in [-0.15, -0.1) is 0 Å². The first-order valence-electron chi connectivity index (χ1n) is 12.1. The van der Waals surface area contributed by atoms with Crippen LogP contribution >= 0.6 is 0 Å². The van der Waals surface area contributed by atoms with Crippen LogP contribution in [0.2, 0.25) is 0 Å². The maximum absolute atomic E-state index is 11.5. The van der Waals surface area contributed by atoms with E-state index in [0.717, 1.165) is 61.8 Å². The first-order valence-corrected chi connectivity index (χ1v) is 12.1. The molecule has 0 spiro atoms. The second-order valence-electron chi connectivity index (χ2n) is 10.2.